The molecule has 0 fully saturated rings. The highest BCUT2D eigenvalue weighted by Gasteiger charge is 2.05. The minimum absolute atomic E-state index is 0.654. The molecule has 0 saturated heterocycles. The zero-order valence-corrected chi connectivity index (χ0v) is 8.36. The van der Waals surface area contributed by atoms with Crippen LogP contribution in [0.1, 0.15) is 6.92 Å². The lowest BCUT2D eigenvalue weighted by Crippen LogP contribution is -2.08. The Hall–Kier alpha value is -1.64. The van der Waals surface area contributed by atoms with E-state index in [2.05, 4.69) is 0 Å². The lowest BCUT2D eigenvalue weighted by atomic mass is 10.2. The van der Waals surface area contributed by atoms with Crippen LogP contribution in [-0.2, 0) is 0 Å². The molecule has 0 atom stereocenters. The van der Waals surface area contributed by atoms with Crippen LogP contribution in [0, 0.1) is 0 Å². The van der Waals surface area contributed by atoms with E-state index in [4.69, 9.17) is 9.57 Å². The summed E-state index contributed by atoms with van der Waals surface area (Å²) in [5, 5.41) is 1.07. The van der Waals surface area contributed by atoms with E-state index < -0.39 is 0 Å². The number of ether oxygens (including phenoxy) is 1. The van der Waals surface area contributed by atoms with Gasteiger partial charge >= 0.3 is 0 Å². The van der Waals surface area contributed by atoms with Gasteiger partial charge in [0.2, 0.25) is 0 Å². The molecule has 3 nitrogen and oxygen atoms in total. The second kappa shape index (κ2) is 3.62. The number of aromatic nitrogens is 1. The van der Waals surface area contributed by atoms with Crippen molar-refractivity contribution in [2.75, 3.05) is 13.7 Å². The number of hydrogen-bond acceptors (Lipinski definition) is 2. The van der Waals surface area contributed by atoms with Crippen LogP contribution in [0.2, 0.25) is 0 Å². The van der Waals surface area contributed by atoms with Gasteiger partial charge in [-0.1, -0.05) is 6.07 Å². The van der Waals surface area contributed by atoms with Crippen LogP contribution in [0.4, 0.5) is 0 Å². The monoisotopic (exact) mass is 191 g/mol. The summed E-state index contributed by atoms with van der Waals surface area (Å²) < 4.78 is 7.01. The Bertz CT molecular complexity index is 434. The van der Waals surface area contributed by atoms with Crippen molar-refractivity contribution in [3.05, 3.63) is 30.5 Å². The largest absolute Gasteiger partial charge is 0.496 e. The van der Waals surface area contributed by atoms with Gasteiger partial charge in [0.25, 0.3) is 0 Å². The lowest BCUT2D eigenvalue weighted by molar-refractivity contribution is 0.132. The van der Waals surface area contributed by atoms with Crippen LogP contribution in [0.3, 0.4) is 0 Å². The van der Waals surface area contributed by atoms with Crippen molar-refractivity contribution in [1.82, 2.24) is 4.73 Å². The van der Waals surface area contributed by atoms with Crippen molar-refractivity contribution in [3.63, 3.8) is 0 Å². The molecule has 0 aliphatic rings. The normalized spacial score (nSPS) is 10.4. The van der Waals surface area contributed by atoms with Crippen molar-refractivity contribution in [1.29, 1.82) is 0 Å². The molecule has 1 aromatic carbocycles. The number of nitrogens with zero attached hydrogens (tertiary/aromatic N) is 1. The van der Waals surface area contributed by atoms with Gasteiger partial charge < -0.3 is 9.57 Å². The van der Waals surface area contributed by atoms with Crippen LogP contribution in [0.15, 0.2) is 30.5 Å². The third-order valence-corrected chi connectivity index (χ3v) is 2.15. The summed E-state index contributed by atoms with van der Waals surface area (Å²) in [6.45, 7) is 2.62. The average molecular weight is 191 g/mol. The van der Waals surface area contributed by atoms with E-state index in [-0.39, 0.29) is 0 Å². The Morgan fingerprint density at radius 3 is 2.86 bits per heavy atom. The summed E-state index contributed by atoms with van der Waals surface area (Å²) in [5.74, 6) is 0.876. The Balaban J connectivity index is 2.57. The van der Waals surface area contributed by atoms with Crippen molar-refractivity contribution < 1.29 is 9.57 Å². The molecule has 1 aromatic heterocycles. The Kier molecular flexibility index (Phi) is 2.31. The summed E-state index contributed by atoms with van der Waals surface area (Å²) >= 11 is 0. The highest BCUT2D eigenvalue weighted by atomic mass is 16.7. The molecule has 14 heavy (non-hydrogen) atoms. The molecule has 1 heterocycles. The molecule has 0 saturated carbocycles. The van der Waals surface area contributed by atoms with Crippen molar-refractivity contribution in [2.45, 2.75) is 6.92 Å². The van der Waals surface area contributed by atoms with E-state index in [1.54, 1.807) is 11.8 Å². The fraction of sp³-hybridized carbons (Fsp3) is 0.273. The molecular weight excluding hydrogens is 178 g/mol. The topological polar surface area (TPSA) is 23.4 Å². The fourth-order valence-electron chi connectivity index (χ4n) is 1.54. The van der Waals surface area contributed by atoms with E-state index in [0.717, 1.165) is 16.7 Å². The first-order valence-electron chi connectivity index (χ1n) is 4.64. The van der Waals surface area contributed by atoms with Gasteiger partial charge in [-0.3, -0.25) is 0 Å². The summed E-state index contributed by atoms with van der Waals surface area (Å²) in [6, 6.07) is 7.90. The smallest absolute Gasteiger partial charge is 0.128 e. The molecule has 2 rings (SSSR count). The molecule has 0 amide bonds. The van der Waals surface area contributed by atoms with E-state index in [0.29, 0.717) is 6.61 Å². The van der Waals surface area contributed by atoms with Gasteiger partial charge in [-0.2, -0.15) is 4.73 Å². The zero-order valence-electron chi connectivity index (χ0n) is 8.36. The van der Waals surface area contributed by atoms with Crippen LogP contribution >= 0.6 is 0 Å². The third-order valence-electron chi connectivity index (χ3n) is 2.15. The molecule has 0 aliphatic heterocycles. The fourth-order valence-corrected chi connectivity index (χ4v) is 1.54. The second-order valence-corrected chi connectivity index (χ2v) is 2.95. The number of fused-ring (bicyclic) bond motifs is 1. The van der Waals surface area contributed by atoms with Crippen molar-refractivity contribution in [2.24, 2.45) is 0 Å². The van der Waals surface area contributed by atoms with Crippen molar-refractivity contribution in [3.8, 4) is 5.75 Å². The summed E-state index contributed by atoms with van der Waals surface area (Å²) in [7, 11) is 1.67. The molecular formula is C11H13NO2. The number of benzene rings is 1. The molecule has 0 bridgehead atoms. The number of hydrogen-bond donors (Lipinski definition) is 0. The minimum atomic E-state index is 0.654. The molecule has 0 spiro atoms. The third kappa shape index (κ3) is 1.31. The molecule has 0 aliphatic carbocycles. The molecule has 74 valence electrons. The lowest BCUT2D eigenvalue weighted by Gasteiger charge is -2.06. The number of methoxy groups -OCH3 is 1. The van der Waals surface area contributed by atoms with Crippen LogP contribution in [-0.4, -0.2) is 18.4 Å². The quantitative estimate of drug-likeness (QED) is 0.741. The first kappa shape index (κ1) is 8.94. The Morgan fingerprint density at radius 1 is 1.29 bits per heavy atom. The van der Waals surface area contributed by atoms with Gasteiger partial charge in [0, 0.05) is 11.6 Å². The van der Waals surface area contributed by atoms with Gasteiger partial charge in [-0.15, -0.1) is 0 Å². The summed E-state index contributed by atoms with van der Waals surface area (Å²) in [6.07, 6.45) is 1.90. The van der Waals surface area contributed by atoms with Crippen LogP contribution in [0.25, 0.3) is 10.9 Å². The minimum Gasteiger partial charge on any atom is -0.496 e. The second-order valence-electron chi connectivity index (χ2n) is 2.95. The molecule has 0 unspecified atom stereocenters. The van der Waals surface area contributed by atoms with E-state index in [1.807, 2.05) is 37.4 Å². The highest BCUT2D eigenvalue weighted by molar-refractivity contribution is 5.86. The van der Waals surface area contributed by atoms with Gasteiger partial charge in [0.1, 0.15) is 12.4 Å². The average Bonchev–Trinajstić information content (AvgIpc) is 2.62. The summed E-state index contributed by atoms with van der Waals surface area (Å²) in [5.41, 5.74) is 1.03. The molecule has 2 aromatic rings. The zero-order chi connectivity index (χ0) is 9.97. The first-order chi connectivity index (χ1) is 6.86. The summed E-state index contributed by atoms with van der Waals surface area (Å²) in [4.78, 5) is 5.42. The van der Waals surface area contributed by atoms with E-state index >= 15 is 0 Å². The van der Waals surface area contributed by atoms with Crippen LogP contribution in [0.5, 0.6) is 5.75 Å². The predicted octanol–water partition coefficient (Wildman–Crippen LogP) is 2.10. The number of rotatable bonds is 3. The van der Waals surface area contributed by atoms with Gasteiger partial charge in [-0.05, 0) is 25.1 Å². The SMILES string of the molecule is CCOn1ccc2c(OC)cccc21. The van der Waals surface area contributed by atoms with Gasteiger partial charge in [0.15, 0.2) is 0 Å². The Labute approximate surface area is 82.8 Å². The van der Waals surface area contributed by atoms with Crippen LogP contribution < -0.4 is 9.57 Å². The maximum absolute atomic E-state index is 5.42. The first-order valence-corrected chi connectivity index (χ1v) is 4.64. The molecule has 0 N–H and O–H groups in total. The van der Waals surface area contributed by atoms with Gasteiger partial charge in [-0.25, -0.2) is 0 Å². The standard InChI is InChI=1S/C11H13NO2/c1-3-14-12-8-7-9-10(12)5-4-6-11(9)13-2/h4-8H,3H2,1-2H3. The molecule has 0 radical (unpaired) electrons. The Morgan fingerprint density at radius 2 is 2.14 bits per heavy atom. The van der Waals surface area contributed by atoms with Crippen molar-refractivity contribution >= 4 is 10.9 Å². The highest BCUT2D eigenvalue weighted by Crippen LogP contribution is 2.25. The molecule has 3 heteroatoms. The van der Waals surface area contributed by atoms with E-state index in [1.165, 1.54) is 0 Å². The maximum atomic E-state index is 5.42. The van der Waals surface area contributed by atoms with E-state index in [9.17, 15) is 0 Å². The predicted molar refractivity (Wildman–Crippen MR) is 55.6 cm³/mol. The van der Waals surface area contributed by atoms with Gasteiger partial charge in [0.05, 0.1) is 12.6 Å². The maximum Gasteiger partial charge on any atom is 0.128 e.